The van der Waals surface area contributed by atoms with Crippen molar-refractivity contribution < 1.29 is 24.4 Å². The minimum Gasteiger partial charge on any atom is -0.480 e. The molecule has 1 N–H and O–H groups in total. The summed E-state index contributed by atoms with van der Waals surface area (Å²) in [5, 5.41) is 20.4. The zero-order valence-corrected chi connectivity index (χ0v) is 13.2. The van der Waals surface area contributed by atoms with Gasteiger partial charge in [0.25, 0.3) is 0 Å². The number of carboxylic acid groups (broad SMARTS) is 1. The lowest BCUT2D eigenvalue weighted by atomic mass is 10.2. The summed E-state index contributed by atoms with van der Waals surface area (Å²) in [5.41, 5.74) is 0.196. The minimum atomic E-state index is -1.41. The highest BCUT2D eigenvalue weighted by Gasteiger charge is 2.34. The molecule has 0 aliphatic rings. The summed E-state index contributed by atoms with van der Waals surface area (Å²) < 4.78 is 5.11. The Kier molecular flexibility index (Phi) is 5.62. The summed E-state index contributed by atoms with van der Waals surface area (Å²) in [4.78, 5) is 38.6. The molecule has 1 amide bonds. The summed E-state index contributed by atoms with van der Waals surface area (Å²) in [6.07, 6.45) is 0.189. The maximum Gasteiger partial charge on any atom is 0.416 e. The smallest absolute Gasteiger partial charge is 0.416 e. The molecule has 0 spiro atoms. The Hall–Kier alpha value is -3.49. The number of aromatic nitrogens is 1. The summed E-state index contributed by atoms with van der Waals surface area (Å²) in [7, 11) is 0. The molecule has 0 saturated heterocycles. The lowest BCUT2D eigenvalue weighted by Gasteiger charge is -2.24. The van der Waals surface area contributed by atoms with E-state index in [-0.39, 0.29) is 12.4 Å². The maximum absolute atomic E-state index is 12.4. The second-order valence-electron chi connectivity index (χ2n) is 5.03. The van der Waals surface area contributed by atoms with E-state index in [1.165, 1.54) is 19.2 Å². The molecule has 1 atom stereocenters. The van der Waals surface area contributed by atoms with Crippen LogP contribution in [0.5, 0.6) is 0 Å². The lowest BCUT2D eigenvalue weighted by Crippen LogP contribution is -2.44. The van der Waals surface area contributed by atoms with Crippen molar-refractivity contribution in [3.05, 3.63) is 64.3 Å². The number of anilines is 1. The monoisotopic (exact) mass is 345 g/mol. The van der Waals surface area contributed by atoms with Gasteiger partial charge in [0.15, 0.2) is 0 Å². The number of pyridine rings is 1. The van der Waals surface area contributed by atoms with Crippen LogP contribution in [0.3, 0.4) is 0 Å². The number of nitro groups is 1. The van der Waals surface area contributed by atoms with Gasteiger partial charge in [-0.3, -0.25) is 10.1 Å². The molecule has 25 heavy (non-hydrogen) atoms. The average Bonchev–Trinajstić information content (AvgIpc) is 2.61. The molecule has 1 heterocycles. The van der Waals surface area contributed by atoms with Gasteiger partial charge in [-0.15, -0.1) is 0 Å². The summed E-state index contributed by atoms with van der Waals surface area (Å²) in [6, 6.07) is 9.80. The van der Waals surface area contributed by atoms with Gasteiger partial charge in [-0.25, -0.2) is 19.5 Å². The quantitative estimate of drug-likeness (QED) is 0.630. The molecule has 0 bridgehead atoms. The molecule has 0 saturated carbocycles. The number of rotatable bonds is 6. The molecule has 0 aliphatic heterocycles. The van der Waals surface area contributed by atoms with Crippen LogP contribution in [0, 0.1) is 10.1 Å². The molecule has 0 radical (unpaired) electrons. The van der Waals surface area contributed by atoms with Crippen LogP contribution in [0.2, 0.25) is 0 Å². The number of carbonyl (C=O) groups is 2. The Bertz CT molecular complexity index is 780. The van der Waals surface area contributed by atoms with Crippen LogP contribution in [0.15, 0.2) is 48.7 Å². The Morgan fingerprint density at radius 2 is 1.96 bits per heavy atom. The van der Waals surface area contributed by atoms with Crippen molar-refractivity contribution in [3.63, 3.8) is 0 Å². The number of nitrogens with zero attached hydrogens (tertiary/aromatic N) is 3. The predicted molar refractivity (Wildman–Crippen MR) is 87.1 cm³/mol. The molecule has 0 fully saturated rings. The van der Waals surface area contributed by atoms with Crippen molar-refractivity contribution >= 4 is 23.6 Å². The van der Waals surface area contributed by atoms with Crippen molar-refractivity contribution in [2.45, 2.75) is 19.6 Å². The fourth-order valence-corrected chi connectivity index (χ4v) is 2.04. The molecule has 9 nitrogen and oxygen atoms in total. The van der Waals surface area contributed by atoms with Crippen molar-refractivity contribution in [1.82, 2.24) is 4.98 Å². The predicted octanol–water partition coefficient (Wildman–Crippen LogP) is 2.61. The van der Waals surface area contributed by atoms with Crippen molar-refractivity contribution in [2.75, 3.05) is 4.90 Å². The molecular formula is C16H15N3O6. The van der Waals surface area contributed by atoms with Crippen LogP contribution < -0.4 is 4.90 Å². The molecule has 2 aromatic rings. The molecular weight excluding hydrogens is 330 g/mol. The zero-order chi connectivity index (χ0) is 18.4. The van der Waals surface area contributed by atoms with E-state index in [1.54, 1.807) is 30.3 Å². The highest BCUT2D eigenvalue weighted by molar-refractivity contribution is 5.95. The van der Waals surface area contributed by atoms with Gasteiger partial charge in [0.1, 0.15) is 12.6 Å². The SMILES string of the molecule is CC(C(=O)O)N(C(=O)OCc1ccccc1)c1ncccc1[N+](=O)[O-]. The first-order valence-corrected chi connectivity index (χ1v) is 7.24. The standard InChI is InChI=1S/C16H15N3O6/c1-11(15(20)21)18(14-13(19(23)24)8-5-9-17-14)16(22)25-10-12-6-3-2-4-7-12/h2-9,11H,10H2,1H3,(H,20,21). The van der Waals surface area contributed by atoms with E-state index in [0.29, 0.717) is 10.5 Å². The Balaban J connectivity index is 2.32. The summed E-state index contributed by atoms with van der Waals surface area (Å²) >= 11 is 0. The minimum absolute atomic E-state index is 0.108. The van der Waals surface area contributed by atoms with Crippen LogP contribution in [0.25, 0.3) is 0 Å². The number of hydrogen-bond acceptors (Lipinski definition) is 6. The molecule has 1 aromatic heterocycles. The number of benzene rings is 1. The summed E-state index contributed by atoms with van der Waals surface area (Å²) in [6.45, 7) is 1.10. The van der Waals surface area contributed by atoms with Gasteiger partial charge in [0.2, 0.25) is 5.82 Å². The Labute approximate surface area is 142 Å². The van der Waals surface area contributed by atoms with E-state index in [1.807, 2.05) is 0 Å². The van der Waals surface area contributed by atoms with E-state index in [4.69, 9.17) is 4.74 Å². The Morgan fingerprint density at radius 3 is 2.56 bits per heavy atom. The maximum atomic E-state index is 12.4. The number of hydrogen-bond donors (Lipinski definition) is 1. The van der Waals surface area contributed by atoms with Crippen LogP contribution in [0.4, 0.5) is 16.3 Å². The first-order chi connectivity index (χ1) is 11.9. The van der Waals surface area contributed by atoms with Gasteiger partial charge in [-0.2, -0.15) is 0 Å². The van der Waals surface area contributed by atoms with E-state index in [0.717, 1.165) is 6.07 Å². The number of aliphatic carboxylic acids is 1. The second-order valence-corrected chi connectivity index (χ2v) is 5.03. The molecule has 130 valence electrons. The van der Waals surface area contributed by atoms with Crippen molar-refractivity contribution in [2.24, 2.45) is 0 Å². The second kappa shape index (κ2) is 7.86. The topological polar surface area (TPSA) is 123 Å². The first-order valence-electron chi connectivity index (χ1n) is 7.24. The number of carbonyl (C=O) groups excluding carboxylic acids is 1. The van der Waals surface area contributed by atoms with Gasteiger partial charge in [-0.1, -0.05) is 30.3 Å². The third kappa shape index (κ3) is 4.28. The third-order valence-corrected chi connectivity index (χ3v) is 3.34. The van der Waals surface area contributed by atoms with Gasteiger partial charge < -0.3 is 9.84 Å². The number of carboxylic acids is 1. The number of ether oxygens (including phenoxy) is 1. The molecule has 2 rings (SSSR count). The van der Waals surface area contributed by atoms with Gasteiger partial charge in [0.05, 0.1) is 4.92 Å². The average molecular weight is 345 g/mol. The normalized spacial score (nSPS) is 11.4. The van der Waals surface area contributed by atoms with Crippen molar-refractivity contribution in [3.8, 4) is 0 Å². The highest BCUT2D eigenvalue weighted by atomic mass is 16.6. The molecule has 9 heteroatoms. The lowest BCUT2D eigenvalue weighted by molar-refractivity contribution is -0.384. The van der Waals surface area contributed by atoms with Crippen LogP contribution >= 0.6 is 0 Å². The van der Waals surface area contributed by atoms with E-state index < -0.39 is 28.7 Å². The van der Waals surface area contributed by atoms with Crippen LogP contribution in [0.1, 0.15) is 12.5 Å². The first kappa shape index (κ1) is 17.9. The van der Waals surface area contributed by atoms with Gasteiger partial charge in [0, 0.05) is 12.3 Å². The van der Waals surface area contributed by atoms with Crippen molar-refractivity contribution in [1.29, 1.82) is 0 Å². The highest BCUT2D eigenvalue weighted by Crippen LogP contribution is 2.27. The molecule has 1 aromatic carbocycles. The molecule has 0 aliphatic carbocycles. The third-order valence-electron chi connectivity index (χ3n) is 3.34. The summed E-state index contributed by atoms with van der Waals surface area (Å²) in [5.74, 6) is -1.74. The van der Waals surface area contributed by atoms with E-state index in [2.05, 4.69) is 4.98 Å². The van der Waals surface area contributed by atoms with Crippen LogP contribution in [-0.4, -0.2) is 33.1 Å². The molecule has 1 unspecified atom stereocenters. The van der Waals surface area contributed by atoms with Gasteiger partial charge in [-0.05, 0) is 18.6 Å². The van der Waals surface area contributed by atoms with Crippen LogP contribution in [-0.2, 0) is 16.1 Å². The zero-order valence-electron chi connectivity index (χ0n) is 13.2. The fourth-order valence-electron chi connectivity index (χ4n) is 2.04. The van der Waals surface area contributed by atoms with E-state index in [9.17, 15) is 24.8 Å². The Morgan fingerprint density at radius 1 is 1.28 bits per heavy atom. The van der Waals surface area contributed by atoms with E-state index >= 15 is 0 Å². The number of amides is 1. The largest absolute Gasteiger partial charge is 0.480 e. The van der Waals surface area contributed by atoms with Gasteiger partial charge >= 0.3 is 17.7 Å². The fraction of sp³-hybridized carbons (Fsp3) is 0.188.